The van der Waals surface area contributed by atoms with Gasteiger partial charge in [0.25, 0.3) is 0 Å². The van der Waals surface area contributed by atoms with Crippen LogP contribution in [0.2, 0.25) is 0 Å². The molecule has 1 aromatic rings. The summed E-state index contributed by atoms with van der Waals surface area (Å²) in [7, 11) is 3.75. The maximum Gasteiger partial charge on any atom is 0.187 e. The Kier molecular flexibility index (Phi) is 3.26. The predicted molar refractivity (Wildman–Crippen MR) is 52.4 cm³/mol. The predicted octanol–water partition coefficient (Wildman–Crippen LogP) is 1.74. The summed E-state index contributed by atoms with van der Waals surface area (Å²) in [5, 5.41) is 0. The Labute approximate surface area is 78.5 Å². The summed E-state index contributed by atoms with van der Waals surface area (Å²) in [4.78, 5) is 13.2. The topological polar surface area (TPSA) is 20.3 Å². The highest BCUT2D eigenvalue weighted by Gasteiger charge is 1.98. The summed E-state index contributed by atoms with van der Waals surface area (Å²) in [6.45, 7) is 0. The zero-order chi connectivity index (χ0) is 9.68. The van der Waals surface area contributed by atoms with Crippen LogP contribution in [0.25, 0.3) is 0 Å². The van der Waals surface area contributed by atoms with Crippen LogP contribution in [-0.2, 0) is 0 Å². The lowest BCUT2D eigenvalue weighted by molar-refractivity contribution is 0.104. The third-order valence-electron chi connectivity index (χ3n) is 1.52. The second-order valence-electron chi connectivity index (χ2n) is 2.94. The molecule has 0 heterocycles. The maximum absolute atomic E-state index is 11.4. The number of carbonyl (C=O) groups is 1. The van der Waals surface area contributed by atoms with Gasteiger partial charge in [-0.2, -0.15) is 0 Å². The zero-order valence-corrected chi connectivity index (χ0v) is 7.82. The molecule has 0 saturated heterocycles. The zero-order valence-electron chi connectivity index (χ0n) is 7.82. The lowest BCUT2D eigenvalue weighted by atomic mass is 10.1. The summed E-state index contributed by atoms with van der Waals surface area (Å²) in [5.74, 6) is 0.00514. The minimum atomic E-state index is 0.00514. The van der Waals surface area contributed by atoms with E-state index < -0.39 is 0 Å². The first-order valence-corrected chi connectivity index (χ1v) is 4.05. The average molecular weight is 174 g/mol. The van der Waals surface area contributed by atoms with Gasteiger partial charge in [0.15, 0.2) is 5.78 Å². The Balaban J connectivity index is 2.70. The minimum absolute atomic E-state index is 0.00514. The number of benzene rings is 1. The van der Waals surface area contributed by atoms with Gasteiger partial charge < -0.3 is 4.90 Å². The first kappa shape index (κ1) is 9.52. The van der Waals surface area contributed by atoms with Crippen LogP contribution < -0.4 is 0 Å². The number of hydrogen-bond donors (Lipinski definition) is 0. The molecule has 0 fully saturated rings. The van der Waals surface area contributed by atoms with Crippen LogP contribution in [0.1, 0.15) is 10.4 Å². The second kappa shape index (κ2) is 4.45. The molecule has 0 unspecified atom stereocenters. The Morgan fingerprint density at radius 1 is 1.54 bits per heavy atom. The van der Waals surface area contributed by atoms with E-state index in [1.54, 1.807) is 36.5 Å². The van der Waals surface area contributed by atoms with E-state index in [-0.39, 0.29) is 5.78 Å². The molecule has 0 atom stereocenters. The molecule has 0 aromatic heterocycles. The molecule has 1 aromatic carbocycles. The molecule has 13 heavy (non-hydrogen) atoms. The van der Waals surface area contributed by atoms with Crippen LogP contribution in [0.5, 0.6) is 0 Å². The van der Waals surface area contributed by atoms with Crippen molar-refractivity contribution in [2.45, 2.75) is 0 Å². The maximum atomic E-state index is 11.4. The molecule has 0 aliphatic rings. The van der Waals surface area contributed by atoms with Crippen molar-refractivity contribution in [3.8, 4) is 0 Å². The Hall–Kier alpha value is -1.57. The van der Waals surface area contributed by atoms with Crippen molar-refractivity contribution in [3.63, 3.8) is 0 Å². The summed E-state index contributed by atoms with van der Waals surface area (Å²) < 4.78 is 0. The number of carbonyl (C=O) groups excluding carboxylic acids is 1. The monoisotopic (exact) mass is 174 g/mol. The van der Waals surface area contributed by atoms with Gasteiger partial charge in [0.1, 0.15) is 0 Å². The van der Waals surface area contributed by atoms with Crippen LogP contribution in [0.15, 0.2) is 36.5 Å². The highest BCUT2D eigenvalue weighted by Crippen LogP contribution is 2.00. The molecule has 2 nitrogen and oxygen atoms in total. The van der Waals surface area contributed by atoms with Crippen molar-refractivity contribution in [2.24, 2.45) is 0 Å². The number of nitrogens with zero attached hydrogens (tertiary/aromatic N) is 1. The SMILES string of the molecule is CN(C)C=CC(=O)c1c[c]ccc1. The fraction of sp³-hybridized carbons (Fsp3) is 0.182. The van der Waals surface area contributed by atoms with Crippen molar-refractivity contribution in [1.82, 2.24) is 4.90 Å². The first-order chi connectivity index (χ1) is 6.20. The highest BCUT2D eigenvalue weighted by atomic mass is 16.1. The largest absolute Gasteiger partial charge is 0.383 e. The molecule has 0 aliphatic heterocycles. The number of hydrogen-bond acceptors (Lipinski definition) is 2. The van der Waals surface area contributed by atoms with Crippen LogP contribution in [0, 0.1) is 6.07 Å². The Morgan fingerprint density at radius 3 is 2.85 bits per heavy atom. The van der Waals surface area contributed by atoms with E-state index in [4.69, 9.17) is 0 Å². The molecule has 1 rings (SSSR count). The van der Waals surface area contributed by atoms with E-state index in [1.807, 2.05) is 19.0 Å². The van der Waals surface area contributed by atoms with Crippen molar-refractivity contribution >= 4 is 5.78 Å². The van der Waals surface area contributed by atoms with Gasteiger partial charge in [0.05, 0.1) is 0 Å². The van der Waals surface area contributed by atoms with Gasteiger partial charge >= 0.3 is 0 Å². The third kappa shape index (κ3) is 3.11. The third-order valence-corrected chi connectivity index (χ3v) is 1.52. The molecule has 0 aliphatic carbocycles. The quantitative estimate of drug-likeness (QED) is 0.514. The van der Waals surface area contributed by atoms with Crippen LogP contribution in [0.3, 0.4) is 0 Å². The van der Waals surface area contributed by atoms with Crippen LogP contribution in [0.4, 0.5) is 0 Å². The Bertz CT molecular complexity index is 301. The van der Waals surface area contributed by atoms with E-state index >= 15 is 0 Å². The molecule has 1 radical (unpaired) electrons. The lowest BCUT2D eigenvalue weighted by Crippen LogP contribution is -2.02. The highest BCUT2D eigenvalue weighted by molar-refractivity contribution is 6.04. The fourth-order valence-electron chi connectivity index (χ4n) is 0.860. The number of allylic oxidation sites excluding steroid dienone is 1. The summed E-state index contributed by atoms with van der Waals surface area (Å²) in [5.41, 5.74) is 0.667. The van der Waals surface area contributed by atoms with Gasteiger partial charge in [-0.1, -0.05) is 18.2 Å². The van der Waals surface area contributed by atoms with E-state index in [9.17, 15) is 4.79 Å². The molecule has 0 bridgehead atoms. The molecule has 0 amide bonds. The first-order valence-electron chi connectivity index (χ1n) is 4.05. The van der Waals surface area contributed by atoms with Gasteiger partial charge in [-0.25, -0.2) is 0 Å². The van der Waals surface area contributed by atoms with E-state index in [0.29, 0.717) is 5.56 Å². The molecular weight excluding hydrogens is 162 g/mol. The van der Waals surface area contributed by atoms with Crippen molar-refractivity contribution in [3.05, 3.63) is 48.2 Å². The van der Waals surface area contributed by atoms with Crippen molar-refractivity contribution in [2.75, 3.05) is 14.1 Å². The van der Waals surface area contributed by atoms with Gasteiger partial charge in [-0.3, -0.25) is 4.79 Å². The van der Waals surface area contributed by atoms with Crippen LogP contribution >= 0.6 is 0 Å². The molecule has 0 N–H and O–H groups in total. The Morgan fingerprint density at radius 2 is 2.31 bits per heavy atom. The van der Waals surface area contributed by atoms with Gasteiger partial charge in [-0.15, -0.1) is 0 Å². The molecule has 0 saturated carbocycles. The van der Waals surface area contributed by atoms with E-state index in [0.717, 1.165) is 0 Å². The molecular formula is C11H12NO. The fourth-order valence-corrected chi connectivity index (χ4v) is 0.860. The minimum Gasteiger partial charge on any atom is -0.383 e. The van der Waals surface area contributed by atoms with Gasteiger partial charge in [0, 0.05) is 31.9 Å². The second-order valence-corrected chi connectivity index (χ2v) is 2.94. The van der Waals surface area contributed by atoms with Gasteiger partial charge in [-0.05, 0) is 12.1 Å². The van der Waals surface area contributed by atoms with Crippen molar-refractivity contribution in [1.29, 1.82) is 0 Å². The standard InChI is InChI=1S/C11H12NO/c1-12(2)9-8-11(13)10-6-4-3-5-7-10/h3-4,6-9H,1-2H3. The summed E-state index contributed by atoms with van der Waals surface area (Å²) in [6, 6.07) is 9.89. The van der Waals surface area contributed by atoms with Crippen molar-refractivity contribution < 1.29 is 4.79 Å². The van der Waals surface area contributed by atoms with E-state index in [2.05, 4.69) is 6.07 Å². The number of rotatable bonds is 3. The average Bonchev–Trinajstić information content (AvgIpc) is 2.15. The molecule has 0 spiro atoms. The number of ketones is 1. The molecule has 2 heteroatoms. The van der Waals surface area contributed by atoms with Crippen LogP contribution in [-0.4, -0.2) is 24.8 Å². The molecule has 67 valence electrons. The summed E-state index contributed by atoms with van der Waals surface area (Å²) >= 11 is 0. The summed E-state index contributed by atoms with van der Waals surface area (Å²) in [6.07, 6.45) is 3.28. The van der Waals surface area contributed by atoms with E-state index in [1.165, 1.54) is 0 Å². The van der Waals surface area contributed by atoms with Gasteiger partial charge in [0.2, 0.25) is 0 Å². The smallest absolute Gasteiger partial charge is 0.187 e. The lowest BCUT2D eigenvalue weighted by Gasteiger charge is -2.02. The normalized spacial score (nSPS) is 10.3.